The summed E-state index contributed by atoms with van der Waals surface area (Å²) in [4.78, 5) is 0. The summed E-state index contributed by atoms with van der Waals surface area (Å²) in [5.74, 6) is 0. The number of benzene rings is 4. The van der Waals surface area contributed by atoms with Crippen molar-refractivity contribution in [2.45, 2.75) is 19.3 Å². The Labute approximate surface area is 136 Å². The van der Waals surface area contributed by atoms with E-state index in [2.05, 4.69) is 86.6 Å². The molecule has 110 valence electrons. The van der Waals surface area contributed by atoms with Crippen molar-refractivity contribution < 1.29 is 0 Å². The molecule has 0 saturated heterocycles. The zero-order valence-electron chi connectivity index (χ0n) is 13.4. The van der Waals surface area contributed by atoms with Gasteiger partial charge in [0, 0.05) is 5.41 Å². The van der Waals surface area contributed by atoms with Crippen molar-refractivity contribution in [2.75, 3.05) is 0 Å². The van der Waals surface area contributed by atoms with E-state index in [1.807, 2.05) is 0 Å². The third-order valence-corrected chi connectivity index (χ3v) is 5.43. The average Bonchev–Trinajstić information content (AvgIpc) is 2.58. The van der Waals surface area contributed by atoms with Crippen LogP contribution in [-0.2, 0) is 5.41 Å². The van der Waals surface area contributed by atoms with E-state index in [1.165, 1.54) is 43.8 Å². The first-order valence-electron chi connectivity index (χ1n) is 8.22. The smallest absolute Gasteiger partial charge is 0.0159 e. The standard InChI is InChI=1S/C23H18/c1-23(2)20-12-6-10-15-9-5-11-18(22(15)20)19-13-16-7-3-4-8-17(16)14-21(19)23/h3-14H,1-2H3. The summed E-state index contributed by atoms with van der Waals surface area (Å²) in [6.45, 7) is 4.70. The van der Waals surface area contributed by atoms with E-state index in [9.17, 15) is 0 Å². The monoisotopic (exact) mass is 294 g/mol. The summed E-state index contributed by atoms with van der Waals surface area (Å²) < 4.78 is 0. The Kier molecular flexibility index (Phi) is 2.37. The summed E-state index contributed by atoms with van der Waals surface area (Å²) in [6.07, 6.45) is 0. The minimum atomic E-state index is 0.0211. The molecule has 1 aliphatic carbocycles. The zero-order chi connectivity index (χ0) is 15.6. The van der Waals surface area contributed by atoms with Crippen molar-refractivity contribution >= 4 is 21.5 Å². The fourth-order valence-corrected chi connectivity index (χ4v) is 4.21. The Bertz CT molecular complexity index is 1080. The van der Waals surface area contributed by atoms with Crippen LogP contribution < -0.4 is 0 Å². The predicted octanol–water partition coefficient (Wildman–Crippen LogP) is 6.30. The zero-order valence-corrected chi connectivity index (χ0v) is 13.4. The van der Waals surface area contributed by atoms with E-state index >= 15 is 0 Å². The van der Waals surface area contributed by atoms with Gasteiger partial charge in [0.1, 0.15) is 0 Å². The van der Waals surface area contributed by atoms with E-state index in [0.29, 0.717) is 0 Å². The molecule has 0 spiro atoms. The van der Waals surface area contributed by atoms with Crippen molar-refractivity contribution in [3.8, 4) is 11.1 Å². The molecule has 0 unspecified atom stereocenters. The Hall–Kier alpha value is -2.60. The fraction of sp³-hybridized carbons (Fsp3) is 0.130. The van der Waals surface area contributed by atoms with Crippen LogP contribution in [-0.4, -0.2) is 0 Å². The second kappa shape index (κ2) is 4.23. The molecule has 0 fully saturated rings. The lowest BCUT2D eigenvalue weighted by molar-refractivity contribution is 0.646. The van der Waals surface area contributed by atoms with E-state index < -0.39 is 0 Å². The highest BCUT2D eigenvalue weighted by molar-refractivity contribution is 6.05. The van der Waals surface area contributed by atoms with Crippen molar-refractivity contribution in [1.29, 1.82) is 0 Å². The molecule has 23 heavy (non-hydrogen) atoms. The lowest BCUT2D eigenvalue weighted by Crippen LogP contribution is -2.23. The molecule has 4 aromatic carbocycles. The first-order chi connectivity index (χ1) is 11.2. The summed E-state index contributed by atoms with van der Waals surface area (Å²) in [5.41, 5.74) is 5.65. The van der Waals surface area contributed by atoms with Gasteiger partial charge < -0.3 is 0 Å². The molecule has 0 saturated carbocycles. The van der Waals surface area contributed by atoms with Crippen LogP contribution >= 0.6 is 0 Å². The van der Waals surface area contributed by atoms with E-state index in [-0.39, 0.29) is 5.41 Å². The van der Waals surface area contributed by atoms with Crippen molar-refractivity contribution in [3.05, 3.63) is 83.9 Å². The van der Waals surface area contributed by atoms with Crippen LogP contribution in [0.15, 0.2) is 72.8 Å². The topological polar surface area (TPSA) is 0 Å². The highest BCUT2D eigenvalue weighted by atomic mass is 14.4. The molecule has 5 rings (SSSR count). The Balaban J connectivity index is 2.02. The highest BCUT2D eigenvalue weighted by Gasteiger charge is 2.33. The minimum absolute atomic E-state index is 0.0211. The number of rotatable bonds is 0. The molecule has 0 N–H and O–H groups in total. The van der Waals surface area contributed by atoms with E-state index in [1.54, 1.807) is 0 Å². The molecule has 4 aromatic rings. The molecule has 0 nitrogen and oxygen atoms in total. The summed E-state index contributed by atoms with van der Waals surface area (Å²) in [7, 11) is 0. The van der Waals surface area contributed by atoms with Crippen LogP contribution in [0.25, 0.3) is 32.7 Å². The second-order valence-corrected chi connectivity index (χ2v) is 7.08. The molecule has 0 heterocycles. The summed E-state index contributed by atoms with van der Waals surface area (Å²) in [5, 5.41) is 5.40. The number of hydrogen-bond donors (Lipinski definition) is 0. The Morgan fingerprint density at radius 1 is 0.565 bits per heavy atom. The molecular weight excluding hydrogens is 276 g/mol. The Morgan fingerprint density at radius 2 is 1.22 bits per heavy atom. The van der Waals surface area contributed by atoms with Gasteiger partial charge in [0.05, 0.1) is 0 Å². The molecule has 0 radical (unpaired) electrons. The van der Waals surface area contributed by atoms with Crippen LogP contribution in [0, 0.1) is 0 Å². The van der Waals surface area contributed by atoms with Gasteiger partial charge in [0.2, 0.25) is 0 Å². The van der Waals surface area contributed by atoms with Crippen molar-refractivity contribution in [3.63, 3.8) is 0 Å². The summed E-state index contributed by atoms with van der Waals surface area (Å²) in [6, 6.07) is 26.8. The molecule has 0 amide bonds. The third kappa shape index (κ3) is 1.61. The van der Waals surface area contributed by atoms with E-state index in [4.69, 9.17) is 0 Å². The van der Waals surface area contributed by atoms with Gasteiger partial charge in [-0.05, 0) is 55.9 Å². The Morgan fingerprint density at radius 3 is 2.00 bits per heavy atom. The quantitative estimate of drug-likeness (QED) is 0.357. The van der Waals surface area contributed by atoms with Crippen molar-refractivity contribution in [2.24, 2.45) is 0 Å². The maximum Gasteiger partial charge on any atom is 0.0159 e. The molecular formula is C23H18. The first kappa shape index (κ1) is 12.9. The number of fused-ring (bicyclic) bond motifs is 3. The van der Waals surface area contributed by atoms with Gasteiger partial charge in [-0.1, -0.05) is 74.5 Å². The molecule has 0 bridgehead atoms. The van der Waals surface area contributed by atoms with Gasteiger partial charge in [0.25, 0.3) is 0 Å². The van der Waals surface area contributed by atoms with Crippen LogP contribution in [0.5, 0.6) is 0 Å². The van der Waals surface area contributed by atoms with Crippen LogP contribution in [0.1, 0.15) is 25.0 Å². The number of hydrogen-bond acceptors (Lipinski definition) is 0. The maximum atomic E-state index is 2.39. The lowest BCUT2D eigenvalue weighted by atomic mass is 9.68. The maximum absolute atomic E-state index is 2.39. The first-order valence-corrected chi connectivity index (χ1v) is 8.22. The van der Waals surface area contributed by atoms with Gasteiger partial charge in [-0.15, -0.1) is 0 Å². The third-order valence-electron chi connectivity index (χ3n) is 5.43. The summed E-state index contributed by atoms with van der Waals surface area (Å²) >= 11 is 0. The van der Waals surface area contributed by atoms with Gasteiger partial charge in [-0.25, -0.2) is 0 Å². The SMILES string of the molecule is CC1(C)c2cc3ccccc3cc2-c2cccc3cccc1c23. The van der Waals surface area contributed by atoms with Gasteiger partial charge in [0.15, 0.2) is 0 Å². The van der Waals surface area contributed by atoms with Crippen molar-refractivity contribution in [1.82, 2.24) is 0 Å². The molecule has 1 aliphatic rings. The van der Waals surface area contributed by atoms with Crippen LogP contribution in [0.2, 0.25) is 0 Å². The van der Waals surface area contributed by atoms with Crippen LogP contribution in [0.4, 0.5) is 0 Å². The van der Waals surface area contributed by atoms with E-state index in [0.717, 1.165) is 0 Å². The largest absolute Gasteiger partial charge is 0.0616 e. The lowest BCUT2D eigenvalue weighted by Gasteiger charge is -2.35. The molecule has 0 atom stereocenters. The normalized spacial score (nSPS) is 14.9. The highest BCUT2D eigenvalue weighted by Crippen LogP contribution is 2.49. The second-order valence-electron chi connectivity index (χ2n) is 7.08. The fourth-order valence-electron chi connectivity index (χ4n) is 4.21. The van der Waals surface area contributed by atoms with Gasteiger partial charge in [-0.3, -0.25) is 0 Å². The predicted molar refractivity (Wildman–Crippen MR) is 99.0 cm³/mol. The molecule has 0 aromatic heterocycles. The van der Waals surface area contributed by atoms with Gasteiger partial charge in [-0.2, -0.15) is 0 Å². The molecule has 0 aliphatic heterocycles. The van der Waals surface area contributed by atoms with Gasteiger partial charge >= 0.3 is 0 Å². The average molecular weight is 294 g/mol. The van der Waals surface area contributed by atoms with Crippen LogP contribution in [0.3, 0.4) is 0 Å². The molecule has 0 heteroatoms. The minimum Gasteiger partial charge on any atom is -0.0616 e.